The van der Waals surface area contributed by atoms with E-state index in [1.807, 2.05) is 12.2 Å². The van der Waals surface area contributed by atoms with Gasteiger partial charge >= 0.3 is 0 Å². The Morgan fingerprint density at radius 3 is 1.33 bits per heavy atom. The zero-order valence-corrected chi connectivity index (χ0v) is 30.0. The van der Waals surface area contributed by atoms with E-state index in [2.05, 4.69) is 206 Å². The maximum Gasteiger partial charge on any atom is -0.00264 e. The Morgan fingerprint density at radius 2 is 0.907 bits per heavy atom. The van der Waals surface area contributed by atoms with Gasteiger partial charge in [0.25, 0.3) is 0 Å². The summed E-state index contributed by atoms with van der Waals surface area (Å²) in [7, 11) is 0. The van der Waals surface area contributed by atoms with Crippen molar-refractivity contribution >= 4 is 44.8 Å². The third-order valence-corrected chi connectivity index (χ3v) is 10.4. The molecule has 0 N–H and O–H groups in total. The van der Waals surface area contributed by atoms with Crippen molar-refractivity contribution in [3.8, 4) is 22.3 Å². The first kappa shape index (κ1) is 32.9. The first-order valence-electron chi connectivity index (χ1n) is 18.7. The van der Waals surface area contributed by atoms with Gasteiger partial charge in [0.15, 0.2) is 0 Å². The fourth-order valence-electron chi connectivity index (χ4n) is 7.81. The largest absolute Gasteiger partial charge is 0.0836 e. The number of fused-ring (bicyclic) bond motifs is 2. The van der Waals surface area contributed by atoms with E-state index in [-0.39, 0.29) is 0 Å². The van der Waals surface area contributed by atoms with Crippen molar-refractivity contribution in [1.29, 1.82) is 0 Å². The van der Waals surface area contributed by atoms with E-state index in [1.54, 1.807) is 0 Å². The smallest absolute Gasteiger partial charge is 0.00264 e. The molecule has 0 nitrogen and oxygen atoms in total. The van der Waals surface area contributed by atoms with Crippen LogP contribution in [0.5, 0.6) is 0 Å². The summed E-state index contributed by atoms with van der Waals surface area (Å²) < 4.78 is 0. The van der Waals surface area contributed by atoms with E-state index in [1.165, 1.54) is 71.6 Å². The highest BCUT2D eigenvalue weighted by atomic mass is 14.2. The van der Waals surface area contributed by atoms with Crippen LogP contribution in [0.4, 0.5) is 0 Å². The Bertz CT molecular complexity index is 2710. The van der Waals surface area contributed by atoms with Gasteiger partial charge in [-0.15, -0.1) is 0 Å². The molecule has 9 rings (SSSR count). The Labute approximate surface area is 317 Å². The SMILES string of the molecule is C1=C=CC(/C(=C\c2ccc(-c3c4ccccc4c(-c4ccc(/C=C(/C5=CCCC=C5)c5ccccc5)cc4)c4ccccc34)cc2)c2ccccc2)=CC=1. The number of hydrogen-bond acceptors (Lipinski definition) is 0. The molecule has 0 heteroatoms. The second-order valence-corrected chi connectivity index (χ2v) is 13.8. The zero-order valence-electron chi connectivity index (χ0n) is 30.0. The topological polar surface area (TPSA) is 0 Å². The van der Waals surface area contributed by atoms with Crippen LogP contribution >= 0.6 is 0 Å². The standard InChI is InChI=1S/C54H38/c1-5-17-41(18-6-1)51(42-19-7-2-8-20-42)37-39-29-33-45(34-30-39)53-47-25-13-15-27-49(47)54(50-28-16-14-26-48(50)53)46-35-31-40(32-36-46)38-52(43-21-9-3-10-22-43)44-23-11-4-12-24-44/h1,3,5-7,9-11,13-38H,2,8H2/b51-37+,52-38-. The van der Waals surface area contributed by atoms with Crippen LogP contribution in [-0.2, 0) is 0 Å². The maximum absolute atomic E-state index is 3.13. The summed E-state index contributed by atoms with van der Waals surface area (Å²) in [6.45, 7) is 0. The Hall–Kier alpha value is -6.94. The summed E-state index contributed by atoms with van der Waals surface area (Å²) >= 11 is 0. The van der Waals surface area contributed by atoms with E-state index in [0.29, 0.717) is 0 Å². The molecule has 0 aliphatic heterocycles. The molecule has 0 saturated carbocycles. The quantitative estimate of drug-likeness (QED) is 0.0848. The van der Waals surface area contributed by atoms with Crippen LogP contribution in [0.25, 0.3) is 67.1 Å². The first-order valence-corrected chi connectivity index (χ1v) is 18.7. The average Bonchev–Trinajstić information content (AvgIpc) is 3.25. The normalized spacial score (nSPS) is 14.1. The molecular formula is C54H38. The number of hydrogen-bond donors (Lipinski definition) is 0. The number of benzene rings is 7. The Kier molecular flexibility index (Phi) is 9.12. The van der Waals surface area contributed by atoms with Crippen LogP contribution in [0.2, 0.25) is 0 Å². The molecule has 0 bridgehead atoms. The molecule has 0 aromatic heterocycles. The minimum absolute atomic E-state index is 1.08. The highest BCUT2D eigenvalue weighted by Crippen LogP contribution is 2.44. The molecule has 0 unspecified atom stereocenters. The highest BCUT2D eigenvalue weighted by Gasteiger charge is 2.17. The predicted octanol–water partition coefficient (Wildman–Crippen LogP) is 14.5. The minimum atomic E-state index is 1.08. The second kappa shape index (κ2) is 15.0. The van der Waals surface area contributed by atoms with Gasteiger partial charge in [0.05, 0.1) is 0 Å². The van der Waals surface area contributed by atoms with Crippen molar-refractivity contribution < 1.29 is 0 Å². The van der Waals surface area contributed by atoms with Crippen molar-refractivity contribution in [1.82, 2.24) is 0 Å². The fourth-order valence-corrected chi connectivity index (χ4v) is 7.81. The Balaban J connectivity index is 1.12. The van der Waals surface area contributed by atoms with E-state index in [4.69, 9.17) is 0 Å². The molecule has 54 heavy (non-hydrogen) atoms. The molecule has 7 aromatic carbocycles. The van der Waals surface area contributed by atoms with Crippen molar-refractivity contribution in [2.45, 2.75) is 12.8 Å². The van der Waals surface area contributed by atoms with Gasteiger partial charge < -0.3 is 0 Å². The van der Waals surface area contributed by atoms with Gasteiger partial charge in [-0.2, -0.15) is 0 Å². The summed E-state index contributed by atoms with van der Waals surface area (Å²) in [5.74, 6) is 0. The van der Waals surface area contributed by atoms with E-state index in [9.17, 15) is 0 Å². The molecule has 0 spiro atoms. The monoisotopic (exact) mass is 686 g/mol. The van der Waals surface area contributed by atoms with Crippen LogP contribution in [0.15, 0.2) is 217 Å². The molecule has 2 aliphatic rings. The third kappa shape index (κ3) is 6.61. The maximum atomic E-state index is 3.13. The van der Waals surface area contributed by atoms with Crippen LogP contribution in [-0.4, -0.2) is 0 Å². The van der Waals surface area contributed by atoms with Crippen molar-refractivity contribution in [2.75, 3.05) is 0 Å². The van der Waals surface area contributed by atoms with Gasteiger partial charge in [-0.05, 0) is 132 Å². The lowest BCUT2D eigenvalue weighted by Gasteiger charge is -2.18. The van der Waals surface area contributed by atoms with Crippen LogP contribution in [0.1, 0.15) is 35.1 Å². The van der Waals surface area contributed by atoms with E-state index < -0.39 is 0 Å². The molecule has 254 valence electrons. The van der Waals surface area contributed by atoms with Gasteiger partial charge in [-0.1, -0.05) is 187 Å². The molecule has 0 radical (unpaired) electrons. The van der Waals surface area contributed by atoms with Crippen LogP contribution < -0.4 is 0 Å². The van der Waals surface area contributed by atoms with Crippen LogP contribution in [0.3, 0.4) is 0 Å². The second-order valence-electron chi connectivity index (χ2n) is 13.8. The third-order valence-electron chi connectivity index (χ3n) is 10.4. The molecule has 0 amide bonds. The molecule has 0 fully saturated rings. The van der Waals surface area contributed by atoms with E-state index in [0.717, 1.165) is 29.6 Å². The summed E-state index contributed by atoms with van der Waals surface area (Å²) in [5.41, 5.74) is 20.7. The Morgan fingerprint density at radius 1 is 0.444 bits per heavy atom. The van der Waals surface area contributed by atoms with E-state index >= 15 is 0 Å². The summed E-state index contributed by atoms with van der Waals surface area (Å²) in [6.07, 6.45) is 19.7. The molecule has 0 heterocycles. The molecule has 2 aliphatic carbocycles. The summed E-state index contributed by atoms with van der Waals surface area (Å²) in [4.78, 5) is 0. The molecule has 0 saturated heterocycles. The molecule has 7 aromatic rings. The summed E-state index contributed by atoms with van der Waals surface area (Å²) in [5, 5.41) is 5.01. The van der Waals surface area contributed by atoms with Gasteiger partial charge in [0.1, 0.15) is 0 Å². The van der Waals surface area contributed by atoms with Crippen molar-refractivity contribution in [2.24, 2.45) is 0 Å². The minimum Gasteiger partial charge on any atom is -0.0836 e. The zero-order chi connectivity index (χ0) is 36.1. The first-order chi connectivity index (χ1) is 26.8. The van der Waals surface area contributed by atoms with Crippen molar-refractivity contribution in [3.05, 3.63) is 239 Å². The lowest BCUT2D eigenvalue weighted by molar-refractivity contribution is 1.03. The van der Waals surface area contributed by atoms with Crippen molar-refractivity contribution in [3.63, 3.8) is 0 Å². The average molecular weight is 687 g/mol. The van der Waals surface area contributed by atoms with Gasteiger partial charge in [-0.25, -0.2) is 0 Å². The van der Waals surface area contributed by atoms with Gasteiger partial charge in [0, 0.05) is 0 Å². The van der Waals surface area contributed by atoms with Gasteiger partial charge in [0.2, 0.25) is 0 Å². The lowest BCUT2D eigenvalue weighted by Crippen LogP contribution is -1.92. The number of allylic oxidation sites excluding steroid dienone is 10. The molecular weight excluding hydrogens is 649 g/mol. The fraction of sp³-hybridized carbons (Fsp3) is 0.0370. The molecule has 0 atom stereocenters. The lowest BCUT2D eigenvalue weighted by atomic mass is 9.85. The highest BCUT2D eigenvalue weighted by molar-refractivity contribution is 6.21. The number of rotatable bonds is 8. The van der Waals surface area contributed by atoms with Crippen LogP contribution in [0, 0.1) is 0 Å². The van der Waals surface area contributed by atoms with Gasteiger partial charge in [-0.3, -0.25) is 0 Å². The summed E-state index contributed by atoms with van der Waals surface area (Å²) in [6, 6.07) is 57.2. The predicted molar refractivity (Wildman–Crippen MR) is 232 cm³/mol.